The first kappa shape index (κ1) is 10.3. The van der Waals surface area contributed by atoms with Gasteiger partial charge in [-0.2, -0.15) is 0 Å². The SMILES string of the molecule is O=C1CC(CO)CN1c1nc2ccccc2[nH]1. The number of hydrogen-bond acceptors (Lipinski definition) is 3. The monoisotopic (exact) mass is 231 g/mol. The molecule has 1 saturated heterocycles. The first-order valence-electron chi connectivity index (χ1n) is 5.64. The standard InChI is InChI=1S/C12H13N3O2/c16-7-8-5-11(17)15(6-8)12-13-9-3-1-2-4-10(9)14-12/h1-4,8,16H,5-7H2,(H,13,14). The number of carbonyl (C=O) groups is 1. The fourth-order valence-corrected chi connectivity index (χ4v) is 2.18. The summed E-state index contributed by atoms with van der Waals surface area (Å²) in [6, 6.07) is 7.66. The molecule has 2 N–H and O–H groups in total. The number of hydrogen-bond donors (Lipinski definition) is 2. The molecule has 5 nitrogen and oxygen atoms in total. The fraction of sp³-hybridized carbons (Fsp3) is 0.333. The lowest BCUT2D eigenvalue weighted by Gasteiger charge is -2.11. The molecule has 1 aliphatic rings. The Labute approximate surface area is 98.1 Å². The second-order valence-corrected chi connectivity index (χ2v) is 4.33. The van der Waals surface area contributed by atoms with Crippen molar-refractivity contribution in [1.29, 1.82) is 0 Å². The Kier molecular flexibility index (Phi) is 2.33. The number of nitrogens with one attached hydrogen (secondary N) is 1. The van der Waals surface area contributed by atoms with Gasteiger partial charge in [0, 0.05) is 25.5 Å². The van der Waals surface area contributed by atoms with E-state index in [1.807, 2.05) is 24.3 Å². The summed E-state index contributed by atoms with van der Waals surface area (Å²) in [5, 5.41) is 9.08. The summed E-state index contributed by atoms with van der Waals surface area (Å²) in [6.45, 7) is 0.581. The Morgan fingerprint density at radius 2 is 2.29 bits per heavy atom. The van der Waals surface area contributed by atoms with Crippen LogP contribution in [0.15, 0.2) is 24.3 Å². The molecule has 0 bridgehead atoms. The van der Waals surface area contributed by atoms with E-state index in [0.29, 0.717) is 18.9 Å². The highest BCUT2D eigenvalue weighted by Crippen LogP contribution is 2.24. The van der Waals surface area contributed by atoms with Gasteiger partial charge in [-0.25, -0.2) is 4.98 Å². The second-order valence-electron chi connectivity index (χ2n) is 4.33. The zero-order valence-electron chi connectivity index (χ0n) is 9.26. The summed E-state index contributed by atoms with van der Waals surface area (Å²) in [5.74, 6) is 0.617. The van der Waals surface area contributed by atoms with Crippen molar-refractivity contribution >= 4 is 22.9 Å². The zero-order valence-corrected chi connectivity index (χ0v) is 9.26. The molecule has 1 aromatic carbocycles. The third-order valence-electron chi connectivity index (χ3n) is 3.10. The largest absolute Gasteiger partial charge is 0.396 e. The van der Waals surface area contributed by atoms with Gasteiger partial charge >= 0.3 is 0 Å². The van der Waals surface area contributed by atoms with Crippen LogP contribution in [0.4, 0.5) is 5.95 Å². The molecule has 2 aromatic rings. The van der Waals surface area contributed by atoms with Crippen LogP contribution in [0, 0.1) is 5.92 Å². The number of benzene rings is 1. The average Bonchev–Trinajstić information content (AvgIpc) is 2.91. The minimum absolute atomic E-state index is 0.0168. The molecule has 0 aliphatic carbocycles. The van der Waals surface area contributed by atoms with Gasteiger partial charge in [-0.3, -0.25) is 9.69 Å². The summed E-state index contributed by atoms with van der Waals surface area (Å²) in [6.07, 6.45) is 0.396. The molecule has 1 unspecified atom stereocenters. The van der Waals surface area contributed by atoms with E-state index >= 15 is 0 Å². The minimum atomic E-state index is 0.0168. The summed E-state index contributed by atoms with van der Waals surface area (Å²) >= 11 is 0. The summed E-state index contributed by atoms with van der Waals surface area (Å²) < 4.78 is 0. The molecule has 0 saturated carbocycles. The van der Waals surface area contributed by atoms with Crippen LogP contribution in [-0.2, 0) is 4.79 Å². The third-order valence-corrected chi connectivity index (χ3v) is 3.10. The molecule has 2 heterocycles. The minimum Gasteiger partial charge on any atom is -0.396 e. The molecule has 1 atom stereocenters. The zero-order chi connectivity index (χ0) is 11.8. The maximum absolute atomic E-state index is 11.8. The van der Waals surface area contributed by atoms with Crippen LogP contribution in [0.5, 0.6) is 0 Å². The number of para-hydroxylation sites is 2. The van der Waals surface area contributed by atoms with E-state index in [1.165, 1.54) is 0 Å². The molecule has 1 amide bonds. The molecular formula is C12H13N3O2. The number of imidazole rings is 1. The number of aromatic amines is 1. The van der Waals surface area contributed by atoms with Gasteiger partial charge in [0.2, 0.25) is 11.9 Å². The van der Waals surface area contributed by atoms with Gasteiger partial charge in [0.05, 0.1) is 11.0 Å². The molecule has 17 heavy (non-hydrogen) atoms. The van der Waals surface area contributed by atoms with Gasteiger partial charge in [0.25, 0.3) is 0 Å². The molecule has 88 valence electrons. The Morgan fingerprint density at radius 1 is 1.47 bits per heavy atom. The van der Waals surface area contributed by atoms with Gasteiger partial charge in [-0.1, -0.05) is 12.1 Å². The van der Waals surface area contributed by atoms with Crippen LogP contribution in [0.1, 0.15) is 6.42 Å². The number of nitrogens with zero attached hydrogens (tertiary/aromatic N) is 2. The molecule has 0 spiro atoms. The van der Waals surface area contributed by atoms with Crippen LogP contribution in [0.25, 0.3) is 11.0 Å². The van der Waals surface area contributed by atoms with Crippen LogP contribution in [0.2, 0.25) is 0 Å². The van der Waals surface area contributed by atoms with E-state index in [-0.39, 0.29) is 18.4 Å². The predicted molar refractivity (Wildman–Crippen MR) is 63.6 cm³/mol. The topological polar surface area (TPSA) is 69.2 Å². The fourth-order valence-electron chi connectivity index (χ4n) is 2.18. The van der Waals surface area contributed by atoms with Crippen molar-refractivity contribution in [2.75, 3.05) is 18.1 Å². The highest BCUT2D eigenvalue weighted by molar-refractivity contribution is 5.95. The van der Waals surface area contributed by atoms with E-state index in [0.717, 1.165) is 11.0 Å². The predicted octanol–water partition coefficient (Wildman–Crippen LogP) is 0.908. The Balaban J connectivity index is 1.96. The number of aromatic nitrogens is 2. The van der Waals surface area contributed by atoms with Crippen molar-refractivity contribution in [1.82, 2.24) is 9.97 Å². The number of aliphatic hydroxyl groups is 1. The molecule has 1 aliphatic heterocycles. The lowest BCUT2D eigenvalue weighted by atomic mass is 10.1. The van der Waals surface area contributed by atoms with Crippen LogP contribution in [0.3, 0.4) is 0 Å². The maximum atomic E-state index is 11.8. The van der Waals surface area contributed by atoms with E-state index < -0.39 is 0 Å². The summed E-state index contributed by atoms with van der Waals surface area (Å²) in [5.41, 5.74) is 1.77. The van der Waals surface area contributed by atoms with E-state index in [4.69, 9.17) is 5.11 Å². The van der Waals surface area contributed by atoms with Gasteiger partial charge in [-0.05, 0) is 12.1 Å². The van der Waals surface area contributed by atoms with Gasteiger partial charge in [-0.15, -0.1) is 0 Å². The van der Waals surface area contributed by atoms with Crippen molar-refractivity contribution in [2.45, 2.75) is 6.42 Å². The normalized spacial score (nSPS) is 20.4. The lowest BCUT2D eigenvalue weighted by Crippen LogP contribution is -2.25. The smallest absolute Gasteiger partial charge is 0.229 e. The summed E-state index contributed by atoms with van der Waals surface area (Å²) in [7, 11) is 0. The number of fused-ring (bicyclic) bond motifs is 1. The molecule has 1 aromatic heterocycles. The third kappa shape index (κ3) is 1.68. The number of anilines is 1. The number of amides is 1. The Bertz CT molecular complexity index is 531. The van der Waals surface area contributed by atoms with E-state index in [9.17, 15) is 4.79 Å². The average molecular weight is 231 g/mol. The van der Waals surface area contributed by atoms with Crippen molar-refractivity contribution in [3.8, 4) is 0 Å². The van der Waals surface area contributed by atoms with Crippen molar-refractivity contribution in [2.24, 2.45) is 5.92 Å². The number of H-pyrrole nitrogens is 1. The van der Waals surface area contributed by atoms with Gasteiger partial charge in [0.1, 0.15) is 0 Å². The Morgan fingerprint density at radius 3 is 3.00 bits per heavy atom. The van der Waals surface area contributed by atoms with Crippen LogP contribution >= 0.6 is 0 Å². The molecule has 5 heteroatoms. The molecular weight excluding hydrogens is 218 g/mol. The highest BCUT2D eigenvalue weighted by atomic mass is 16.3. The number of aliphatic hydroxyl groups excluding tert-OH is 1. The van der Waals surface area contributed by atoms with Gasteiger partial charge in [0.15, 0.2) is 0 Å². The molecule has 1 fully saturated rings. The van der Waals surface area contributed by atoms with Crippen molar-refractivity contribution in [3.63, 3.8) is 0 Å². The number of carbonyl (C=O) groups excluding carboxylic acids is 1. The lowest BCUT2D eigenvalue weighted by molar-refractivity contribution is -0.117. The van der Waals surface area contributed by atoms with E-state index in [2.05, 4.69) is 9.97 Å². The first-order valence-corrected chi connectivity index (χ1v) is 5.64. The molecule has 0 radical (unpaired) electrons. The van der Waals surface area contributed by atoms with Crippen molar-refractivity contribution in [3.05, 3.63) is 24.3 Å². The maximum Gasteiger partial charge on any atom is 0.229 e. The Hall–Kier alpha value is -1.88. The quantitative estimate of drug-likeness (QED) is 0.807. The van der Waals surface area contributed by atoms with Gasteiger partial charge < -0.3 is 10.1 Å². The van der Waals surface area contributed by atoms with E-state index in [1.54, 1.807) is 4.90 Å². The second kappa shape index (κ2) is 3.85. The highest BCUT2D eigenvalue weighted by Gasteiger charge is 2.31. The molecule has 3 rings (SSSR count). The van der Waals surface area contributed by atoms with Crippen LogP contribution < -0.4 is 4.90 Å². The summed E-state index contributed by atoms with van der Waals surface area (Å²) in [4.78, 5) is 20.9. The van der Waals surface area contributed by atoms with Crippen molar-refractivity contribution < 1.29 is 9.90 Å². The first-order chi connectivity index (χ1) is 8.28. The van der Waals surface area contributed by atoms with Crippen LogP contribution in [-0.4, -0.2) is 34.1 Å². The number of rotatable bonds is 2.